The number of nitrogens with zero attached hydrogens (tertiary/aromatic N) is 1. The van der Waals surface area contributed by atoms with Crippen LogP contribution in [0.3, 0.4) is 0 Å². The number of hydrogen-bond donors (Lipinski definition) is 1. The van der Waals surface area contributed by atoms with E-state index in [-0.39, 0.29) is 12.1 Å². The number of ether oxygens (including phenoxy) is 1. The third-order valence-corrected chi connectivity index (χ3v) is 4.73. The average molecular weight is 317 g/mol. The molecule has 0 radical (unpaired) electrons. The van der Waals surface area contributed by atoms with Gasteiger partial charge in [0.2, 0.25) is 0 Å². The van der Waals surface area contributed by atoms with Crippen LogP contribution >= 0.6 is 22.9 Å². The standard InChI is InChI=1S/C14H21ClN2O2S/c1-9(2)6-11-7-19-5-4-17(11)14(18)16-12-10(3)8-20-13(12)15/h8-9,11H,4-7H2,1-3H3,(H,16,18)/t11-/m0/s1. The van der Waals surface area contributed by atoms with E-state index >= 15 is 0 Å². The Morgan fingerprint density at radius 2 is 2.40 bits per heavy atom. The zero-order chi connectivity index (χ0) is 14.7. The van der Waals surface area contributed by atoms with Gasteiger partial charge in [-0.1, -0.05) is 25.4 Å². The molecule has 1 saturated heterocycles. The number of morpholine rings is 1. The zero-order valence-corrected chi connectivity index (χ0v) is 13.7. The molecule has 1 atom stereocenters. The van der Waals surface area contributed by atoms with Gasteiger partial charge in [-0.05, 0) is 30.2 Å². The normalized spacial score (nSPS) is 19.4. The van der Waals surface area contributed by atoms with Crippen LogP contribution in [0.25, 0.3) is 0 Å². The summed E-state index contributed by atoms with van der Waals surface area (Å²) in [6.07, 6.45) is 0.948. The fraction of sp³-hybridized carbons (Fsp3) is 0.643. The Morgan fingerprint density at radius 3 is 3.00 bits per heavy atom. The number of aryl methyl sites for hydroxylation is 1. The number of carbonyl (C=O) groups is 1. The molecule has 1 aromatic heterocycles. The van der Waals surface area contributed by atoms with Crippen LogP contribution < -0.4 is 5.32 Å². The highest BCUT2D eigenvalue weighted by Crippen LogP contribution is 2.32. The minimum absolute atomic E-state index is 0.0812. The number of hydrogen-bond acceptors (Lipinski definition) is 3. The fourth-order valence-corrected chi connectivity index (χ4v) is 3.46. The van der Waals surface area contributed by atoms with E-state index in [0.717, 1.165) is 17.7 Å². The van der Waals surface area contributed by atoms with Crippen molar-refractivity contribution < 1.29 is 9.53 Å². The van der Waals surface area contributed by atoms with Crippen LogP contribution in [0.2, 0.25) is 4.34 Å². The molecule has 2 rings (SSSR count). The van der Waals surface area contributed by atoms with Gasteiger partial charge >= 0.3 is 6.03 Å². The molecule has 1 aliphatic heterocycles. The Hall–Kier alpha value is -0.780. The summed E-state index contributed by atoms with van der Waals surface area (Å²) in [7, 11) is 0. The molecule has 1 aromatic rings. The number of anilines is 1. The summed E-state index contributed by atoms with van der Waals surface area (Å²) in [5.74, 6) is 0.531. The van der Waals surface area contributed by atoms with E-state index in [1.807, 2.05) is 17.2 Å². The SMILES string of the molecule is Cc1csc(Cl)c1NC(=O)N1CCOC[C@@H]1CC(C)C. The molecule has 2 heterocycles. The van der Waals surface area contributed by atoms with E-state index in [1.54, 1.807) is 0 Å². The number of rotatable bonds is 3. The third kappa shape index (κ3) is 3.65. The first-order valence-electron chi connectivity index (χ1n) is 6.88. The smallest absolute Gasteiger partial charge is 0.322 e. The molecule has 1 N–H and O–H groups in total. The minimum atomic E-state index is -0.0812. The Bertz CT molecular complexity index is 456. The van der Waals surface area contributed by atoms with Crippen molar-refractivity contribution in [2.24, 2.45) is 5.92 Å². The highest BCUT2D eigenvalue weighted by Gasteiger charge is 2.28. The molecular weight excluding hydrogens is 296 g/mol. The van der Waals surface area contributed by atoms with Gasteiger partial charge in [-0.2, -0.15) is 0 Å². The third-order valence-electron chi connectivity index (χ3n) is 3.39. The van der Waals surface area contributed by atoms with E-state index in [0.29, 0.717) is 30.0 Å². The maximum absolute atomic E-state index is 12.5. The summed E-state index contributed by atoms with van der Waals surface area (Å²) in [4.78, 5) is 14.3. The number of nitrogens with one attached hydrogen (secondary N) is 1. The molecule has 0 spiro atoms. The number of amides is 2. The van der Waals surface area contributed by atoms with E-state index < -0.39 is 0 Å². The summed E-state index contributed by atoms with van der Waals surface area (Å²) < 4.78 is 6.13. The first-order valence-corrected chi connectivity index (χ1v) is 8.13. The molecule has 0 unspecified atom stereocenters. The highest BCUT2D eigenvalue weighted by atomic mass is 35.5. The molecule has 0 saturated carbocycles. The van der Waals surface area contributed by atoms with Crippen molar-refractivity contribution in [1.29, 1.82) is 0 Å². The van der Waals surface area contributed by atoms with Gasteiger partial charge in [0, 0.05) is 6.54 Å². The van der Waals surface area contributed by atoms with E-state index in [1.165, 1.54) is 11.3 Å². The lowest BCUT2D eigenvalue weighted by Crippen LogP contribution is -2.50. The second-order valence-electron chi connectivity index (χ2n) is 5.55. The average Bonchev–Trinajstić information content (AvgIpc) is 2.70. The molecule has 1 fully saturated rings. The van der Waals surface area contributed by atoms with Gasteiger partial charge in [0.15, 0.2) is 0 Å². The predicted molar refractivity (Wildman–Crippen MR) is 83.9 cm³/mol. The topological polar surface area (TPSA) is 41.6 Å². The van der Waals surface area contributed by atoms with Gasteiger partial charge in [0.05, 0.1) is 24.9 Å². The maximum Gasteiger partial charge on any atom is 0.322 e. The van der Waals surface area contributed by atoms with Gasteiger partial charge in [0.25, 0.3) is 0 Å². The second-order valence-corrected chi connectivity index (χ2v) is 7.03. The van der Waals surface area contributed by atoms with Gasteiger partial charge in [-0.3, -0.25) is 0 Å². The molecule has 0 aromatic carbocycles. The van der Waals surface area contributed by atoms with Crippen LogP contribution in [0.5, 0.6) is 0 Å². The van der Waals surface area contributed by atoms with Gasteiger partial charge in [-0.25, -0.2) is 4.79 Å². The lowest BCUT2D eigenvalue weighted by Gasteiger charge is -2.36. The van der Waals surface area contributed by atoms with Gasteiger partial charge in [-0.15, -0.1) is 11.3 Å². The minimum Gasteiger partial charge on any atom is -0.377 e. The zero-order valence-electron chi connectivity index (χ0n) is 12.1. The highest BCUT2D eigenvalue weighted by molar-refractivity contribution is 7.15. The van der Waals surface area contributed by atoms with Crippen molar-refractivity contribution in [2.45, 2.75) is 33.2 Å². The number of halogens is 1. The summed E-state index contributed by atoms with van der Waals surface area (Å²) >= 11 is 7.55. The first kappa shape index (κ1) is 15.6. The summed E-state index contributed by atoms with van der Waals surface area (Å²) in [6, 6.07) is 0.0591. The van der Waals surface area contributed by atoms with Gasteiger partial charge < -0.3 is 15.0 Å². The molecule has 1 aliphatic rings. The number of urea groups is 1. The molecule has 20 heavy (non-hydrogen) atoms. The van der Waals surface area contributed by atoms with Crippen molar-refractivity contribution >= 4 is 34.7 Å². The monoisotopic (exact) mass is 316 g/mol. The molecule has 2 amide bonds. The Morgan fingerprint density at radius 1 is 1.65 bits per heavy atom. The Kier molecular flexibility index (Phi) is 5.29. The summed E-state index contributed by atoms with van der Waals surface area (Å²) in [5, 5.41) is 4.89. The van der Waals surface area contributed by atoms with Crippen LogP contribution in [-0.4, -0.2) is 36.7 Å². The summed E-state index contributed by atoms with van der Waals surface area (Å²) in [5.41, 5.74) is 1.73. The van der Waals surface area contributed by atoms with E-state index in [4.69, 9.17) is 16.3 Å². The number of thiophene rings is 1. The first-order chi connectivity index (χ1) is 9.49. The lowest BCUT2D eigenvalue weighted by molar-refractivity contribution is 0.00857. The molecule has 0 aliphatic carbocycles. The van der Waals surface area contributed by atoms with Crippen LogP contribution in [0.1, 0.15) is 25.8 Å². The lowest BCUT2D eigenvalue weighted by atomic mass is 10.0. The van der Waals surface area contributed by atoms with Crippen molar-refractivity contribution in [3.05, 3.63) is 15.3 Å². The maximum atomic E-state index is 12.5. The summed E-state index contributed by atoms with van der Waals surface area (Å²) in [6.45, 7) is 8.10. The molecular formula is C14H21ClN2O2S. The predicted octanol–water partition coefficient (Wildman–Crippen LogP) is 3.99. The molecule has 0 bridgehead atoms. The molecule has 112 valence electrons. The van der Waals surface area contributed by atoms with Crippen molar-refractivity contribution in [2.75, 3.05) is 25.1 Å². The Labute approximate surface area is 129 Å². The van der Waals surface area contributed by atoms with Crippen molar-refractivity contribution in [3.63, 3.8) is 0 Å². The van der Waals surface area contributed by atoms with E-state index in [9.17, 15) is 4.79 Å². The molecule has 6 heteroatoms. The fourth-order valence-electron chi connectivity index (χ4n) is 2.40. The Balaban J connectivity index is 2.06. The quantitative estimate of drug-likeness (QED) is 0.916. The van der Waals surface area contributed by atoms with Crippen molar-refractivity contribution in [3.8, 4) is 0 Å². The van der Waals surface area contributed by atoms with Crippen LogP contribution in [0, 0.1) is 12.8 Å². The molecule has 4 nitrogen and oxygen atoms in total. The number of carbonyl (C=O) groups excluding carboxylic acids is 1. The van der Waals surface area contributed by atoms with Crippen LogP contribution in [0.4, 0.5) is 10.5 Å². The van der Waals surface area contributed by atoms with Crippen LogP contribution in [-0.2, 0) is 4.74 Å². The largest absolute Gasteiger partial charge is 0.377 e. The van der Waals surface area contributed by atoms with Gasteiger partial charge in [0.1, 0.15) is 4.34 Å². The second kappa shape index (κ2) is 6.78. The van der Waals surface area contributed by atoms with E-state index in [2.05, 4.69) is 19.2 Å². The van der Waals surface area contributed by atoms with Crippen molar-refractivity contribution in [1.82, 2.24) is 4.90 Å². The van der Waals surface area contributed by atoms with Crippen LogP contribution in [0.15, 0.2) is 5.38 Å².